The van der Waals surface area contributed by atoms with Gasteiger partial charge < -0.3 is 64.2 Å². The maximum Gasteiger partial charge on any atom is 0.306 e. The van der Waals surface area contributed by atoms with Crippen LogP contribution >= 0.6 is 0 Å². The van der Waals surface area contributed by atoms with E-state index in [2.05, 4.69) is 62.5 Å². The van der Waals surface area contributed by atoms with Gasteiger partial charge in [-0.15, -0.1) is 0 Å². The third kappa shape index (κ3) is 25.4. The van der Waals surface area contributed by atoms with Gasteiger partial charge in [0, 0.05) is 13.0 Å². The zero-order valence-electron chi connectivity index (χ0n) is 38.5. The molecule has 0 aliphatic carbocycles. The van der Waals surface area contributed by atoms with Crippen LogP contribution in [0.3, 0.4) is 0 Å². The number of rotatable bonds is 37. The van der Waals surface area contributed by atoms with E-state index in [1.54, 1.807) is 0 Å². The summed E-state index contributed by atoms with van der Waals surface area (Å²) in [6, 6.07) is 0. The van der Waals surface area contributed by atoms with Gasteiger partial charge >= 0.3 is 5.97 Å². The lowest BCUT2D eigenvalue weighted by Gasteiger charge is -2.42. The Morgan fingerprint density at radius 3 is 1.62 bits per heavy atom. The van der Waals surface area contributed by atoms with E-state index in [9.17, 15) is 40.5 Å². The molecule has 0 amide bonds. The van der Waals surface area contributed by atoms with Crippen molar-refractivity contribution < 1.29 is 69.0 Å². The first kappa shape index (κ1) is 57.1. The molecule has 2 aliphatic rings. The number of unbranched alkanes of at least 4 members (excludes halogenated alkanes) is 15. The summed E-state index contributed by atoms with van der Waals surface area (Å²) < 4.78 is 34.1. The number of carbonyl (C=O) groups is 1. The minimum Gasteiger partial charge on any atom is -0.457 e. The summed E-state index contributed by atoms with van der Waals surface area (Å²) in [4.78, 5) is 12.9. The minimum atomic E-state index is -1.71. The van der Waals surface area contributed by atoms with Gasteiger partial charge in [0.05, 0.1) is 26.4 Å². The van der Waals surface area contributed by atoms with Crippen molar-refractivity contribution in [1.29, 1.82) is 0 Å². The first-order valence-corrected chi connectivity index (χ1v) is 24.2. The summed E-state index contributed by atoms with van der Waals surface area (Å²) in [6.07, 6.45) is 24.7. The molecule has 11 atom stereocenters. The van der Waals surface area contributed by atoms with Crippen molar-refractivity contribution >= 4 is 5.97 Å². The Morgan fingerprint density at radius 2 is 1.03 bits per heavy atom. The van der Waals surface area contributed by atoms with E-state index in [0.717, 1.165) is 70.6 Å². The average Bonchev–Trinajstić information content (AvgIpc) is 3.28. The van der Waals surface area contributed by atoms with Crippen molar-refractivity contribution in [2.45, 2.75) is 223 Å². The van der Waals surface area contributed by atoms with Crippen LogP contribution < -0.4 is 0 Å². The van der Waals surface area contributed by atoms with Gasteiger partial charge in [-0.05, 0) is 51.4 Å². The molecule has 63 heavy (non-hydrogen) atoms. The number of aliphatic hydroxyl groups is 7. The molecule has 2 rings (SSSR count). The highest BCUT2D eigenvalue weighted by atomic mass is 16.7. The Bertz CT molecular complexity index is 1230. The van der Waals surface area contributed by atoms with Crippen molar-refractivity contribution in [3.8, 4) is 0 Å². The molecular weight excluding hydrogens is 813 g/mol. The second-order valence-corrected chi connectivity index (χ2v) is 16.9. The number of aliphatic hydroxyl groups excluding tert-OH is 7. The lowest BCUT2D eigenvalue weighted by atomic mass is 9.98. The van der Waals surface area contributed by atoms with Gasteiger partial charge in [0.25, 0.3) is 0 Å². The monoisotopic (exact) mass is 899 g/mol. The van der Waals surface area contributed by atoms with E-state index in [0.29, 0.717) is 13.0 Å². The molecule has 0 radical (unpaired) electrons. The van der Waals surface area contributed by atoms with Crippen molar-refractivity contribution in [3.63, 3.8) is 0 Å². The Morgan fingerprint density at radius 1 is 0.540 bits per heavy atom. The third-order valence-electron chi connectivity index (χ3n) is 11.4. The number of carbonyl (C=O) groups excluding carboxylic acids is 1. The number of esters is 1. The molecule has 7 N–H and O–H groups in total. The molecule has 2 saturated heterocycles. The topological polar surface area (TPSA) is 214 Å². The van der Waals surface area contributed by atoms with Gasteiger partial charge in [-0.1, -0.05) is 146 Å². The summed E-state index contributed by atoms with van der Waals surface area (Å²) in [5.74, 6) is -0.386. The summed E-state index contributed by atoms with van der Waals surface area (Å²) in [7, 11) is 0. The molecule has 2 heterocycles. The van der Waals surface area contributed by atoms with Crippen LogP contribution in [0.25, 0.3) is 0 Å². The highest BCUT2D eigenvalue weighted by molar-refractivity contribution is 5.69. The molecule has 366 valence electrons. The molecule has 2 fully saturated rings. The molecular formula is C49H86O14. The number of ether oxygens (including phenoxy) is 6. The summed E-state index contributed by atoms with van der Waals surface area (Å²) in [5.41, 5.74) is 0. The Labute approximate surface area is 378 Å². The Balaban J connectivity index is 1.75. The van der Waals surface area contributed by atoms with Crippen molar-refractivity contribution in [1.82, 2.24) is 0 Å². The van der Waals surface area contributed by atoms with Crippen LogP contribution in [0.5, 0.6) is 0 Å². The Kier molecular flexibility index (Phi) is 33.6. The van der Waals surface area contributed by atoms with Gasteiger partial charge in [-0.3, -0.25) is 4.79 Å². The zero-order chi connectivity index (χ0) is 45.9. The highest BCUT2D eigenvalue weighted by Crippen LogP contribution is 2.26. The molecule has 0 saturated carbocycles. The number of allylic oxidation sites excluding steroid dienone is 8. The van der Waals surface area contributed by atoms with Gasteiger partial charge in [0.1, 0.15) is 54.9 Å². The number of hydrogen-bond acceptors (Lipinski definition) is 14. The molecule has 0 spiro atoms. The highest BCUT2D eigenvalue weighted by Gasteiger charge is 2.47. The van der Waals surface area contributed by atoms with E-state index in [4.69, 9.17) is 28.4 Å². The second kappa shape index (κ2) is 37.1. The van der Waals surface area contributed by atoms with E-state index < -0.39 is 80.7 Å². The van der Waals surface area contributed by atoms with Gasteiger partial charge in [0.2, 0.25) is 0 Å². The standard InChI is InChI=1S/C49H86O14/c1-3-5-7-9-11-13-14-15-16-17-18-19-20-21-22-23-25-27-29-31-33-58-35-38(61-41(51)32-30-28-26-24-12-10-8-6-4-2)36-59-48-47(57)45(55)43(53)40(63-48)37-60-49-46(56)44(54)42(52)39(34-50)62-49/h5,7,11,13,15-16,18-19,38-40,42-50,52-57H,3-4,6,8-10,12,14,17,20-37H2,1-2H3/b7-5-,13-11-,16-15-,19-18-. The molecule has 2 aliphatic heterocycles. The largest absolute Gasteiger partial charge is 0.457 e. The summed E-state index contributed by atoms with van der Waals surface area (Å²) in [5, 5.41) is 71.9. The fourth-order valence-corrected chi connectivity index (χ4v) is 7.39. The van der Waals surface area contributed by atoms with Crippen molar-refractivity contribution in [2.24, 2.45) is 0 Å². The Hall–Kier alpha value is -2.05. The first-order chi connectivity index (χ1) is 30.6. The third-order valence-corrected chi connectivity index (χ3v) is 11.4. The second-order valence-electron chi connectivity index (χ2n) is 16.9. The van der Waals surface area contributed by atoms with Gasteiger partial charge in [-0.25, -0.2) is 0 Å². The fourth-order valence-electron chi connectivity index (χ4n) is 7.39. The van der Waals surface area contributed by atoms with E-state index in [1.165, 1.54) is 57.8 Å². The quantitative estimate of drug-likeness (QED) is 0.0204. The lowest BCUT2D eigenvalue weighted by molar-refractivity contribution is -0.332. The van der Waals surface area contributed by atoms with Crippen LogP contribution in [0.1, 0.15) is 155 Å². The zero-order valence-corrected chi connectivity index (χ0v) is 38.5. The molecule has 0 aromatic heterocycles. The maximum atomic E-state index is 12.9. The molecule has 14 heteroatoms. The number of hydrogen-bond donors (Lipinski definition) is 7. The van der Waals surface area contributed by atoms with Crippen LogP contribution in [-0.2, 0) is 33.2 Å². The SMILES string of the molecule is CC/C=C\C/C=C\C/C=C\C/C=C\CCCCCCCCCOCC(COC1OC(COC2OC(CO)C(O)C(O)C2O)C(O)C(O)C1O)OC(=O)CCCCCCCCCCC. The predicted molar refractivity (Wildman–Crippen MR) is 243 cm³/mol. The summed E-state index contributed by atoms with van der Waals surface area (Å²) in [6.45, 7) is 3.51. The van der Waals surface area contributed by atoms with E-state index >= 15 is 0 Å². The van der Waals surface area contributed by atoms with Crippen LogP contribution in [-0.4, -0.2) is 142 Å². The summed E-state index contributed by atoms with van der Waals surface area (Å²) >= 11 is 0. The molecule has 14 nitrogen and oxygen atoms in total. The van der Waals surface area contributed by atoms with Crippen LogP contribution in [0, 0.1) is 0 Å². The minimum absolute atomic E-state index is 0.0540. The van der Waals surface area contributed by atoms with Gasteiger partial charge in [-0.2, -0.15) is 0 Å². The predicted octanol–water partition coefficient (Wildman–Crippen LogP) is 6.40. The molecule has 11 unspecified atom stereocenters. The molecule has 0 aromatic rings. The maximum absolute atomic E-state index is 12.9. The normalized spacial score (nSPS) is 27.4. The first-order valence-electron chi connectivity index (χ1n) is 24.2. The van der Waals surface area contributed by atoms with Crippen LogP contribution in [0.2, 0.25) is 0 Å². The fraction of sp³-hybridized carbons (Fsp3) is 0.816. The van der Waals surface area contributed by atoms with Crippen molar-refractivity contribution in [2.75, 3.05) is 33.0 Å². The molecule has 0 aromatic carbocycles. The smallest absolute Gasteiger partial charge is 0.306 e. The van der Waals surface area contributed by atoms with Gasteiger partial charge in [0.15, 0.2) is 12.6 Å². The average molecular weight is 899 g/mol. The van der Waals surface area contributed by atoms with Crippen molar-refractivity contribution in [3.05, 3.63) is 48.6 Å². The molecule has 0 bridgehead atoms. The lowest BCUT2D eigenvalue weighted by Crippen LogP contribution is -2.61. The van der Waals surface area contributed by atoms with Crippen LogP contribution in [0.4, 0.5) is 0 Å². The van der Waals surface area contributed by atoms with E-state index in [1.807, 2.05) is 0 Å². The van der Waals surface area contributed by atoms with E-state index in [-0.39, 0.29) is 25.6 Å². The van der Waals surface area contributed by atoms with Crippen LogP contribution in [0.15, 0.2) is 48.6 Å².